The van der Waals surface area contributed by atoms with Gasteiger partial charge < -0.3 is 0 Å². The van der Waals surface area contributed by atoms with Crippen LogP contribution < -0.4 is 4.90 Å². The van der Waals surface area contributed by atoms with Crippen molar-refractivity contribution in [1.29, 1.82) is 0 Å². The van der Waals surface area contributed by atoms with Gasteiger partial charge in [0.25, 0.3) is 0 Å². The minimum absolute atomic E-state index is 0.0599. The quantitative estimate of drug-likeness (QED) is 0.258. The number of anilines is 1. The van der Waals surface area contributed by atoms with Gasteiger partial charge in [0.2, 0.25) is 5.91 Å². The molecular weight excluding hydrogens is 497 g/mol. The Labute approximate surface area is 213 Å². The molecule has 10 heteroatoms. The van der Waals surface area contributed by atoms with Crippen LogP contribution in [-0.2, 0) is 4.79 Å². The summed E-state index contributed by atoms with van der Waals surface area (Å²) in [4.78, 5) is 24.7. The Hall–Kier alpha value is -3.60. The van der Waals surface area contributed by atoms with Gasteiger partial charge in [-0.25, -0.2) is 9.97 Å². The Morgan fingerprint density at radius 1 is 0.971 bits per heavy atom. The molecule has 0 atom stereocenters. The Morgan fingerprint density at radius 3 is 2.49 bits per heavy atom. The van der Waals surface area contributed by atoms with E-state index in [0.29, 0.717) is 10.3 Å². The predicted molar refractivity (Wildman–Crippen MR) is 143 cm³/mol. The molecule has 0 N–H and O–H groups in total. The minimum Gasteiger partial charge on any atom is -0.291 e. The number of carbonyl (C=O) groups excluding carboxylic acids is 1. The van der Waals surface area contributed by atoms with Gasteiger partial charge >= 0.3 is 0 Å². The third kappa shape index (κ3) is 4.09. The maximum Gasteiger partial charge on any atom is 0.238 e. The monoisotopic (exact) mass is 514 g/mol. The van der Waals surface area contributed by atoms with Gasteiger partial charge in [0.05, 0.1) is 16.8 Å². The molecule has 0 saturated carbocycles. The number of benzene rings is 2. The fourth-order valence-corrected chi connectivity index (χ4v) is 6.28. The molecule has 0 unspecified atom stereocenters. The average Bonchev–Trinajstić information content (AvgIpc) is 3.66. The topological polar surface area (TPSA) is 76.3 Å². The molecule has 6 aromatic rings. The number of thioether (sulfide) groups is 1. The second-order valence-electron chi connectivity index (χ2n) is 7.74. The highest BCUT2D eigenvalue weighted by atomic mass is 32.2. The third-order valence-corrected chi connectivity index (χ3v) is 8.31. The molecule has 0 spiro atoms. The number of amides is 1. The van der Waals surface area contributed by atoms with E-state index in [-0.39, 0.29) is 11.7 Å². The molecule has 1 amide bonds. The number of hydrogen-bond acceptors (Lipinski definition) is 8. The van der Waals surface area contributed by atoms with Gasteiger partial charge in [0.15, 0.2) is 15.9 Å². The van der Waals surface area contributed by atoms with Crippen LogP contribution >= 0.6 is 34.4 Å². The highest BCUT2D eigenvalue weighted by Crippen LogP contribution is 2.36. The summed E-state index contributed by atoms with van der Waals surface area (Å²) >= 11 is 4.38. The van der Waals surface area contributed by atoms with E-state index in [0.717, 1.165) is 38.2 Å². The summed E-state index contributed by atoms with van der Waals surface area (Å²) in [6.45, 7) is 0. The molecular formula is C25H18N6OS3. The first-order valence-corrected chi connectivity index (χ1v) is 13.5. The van der Waals surface area contributed by atoms with E-state index in [1.165, 1.54) is 23.1 Å². The molecule has 2 aromatic carbocycles. The molecule has 0 aliphatic carbocycles. The Balaban J connectivity index is 1.22. The molecule has 0 radical (unpaired) electrons. The summed E-state index contributed by atoms with van der Waals surface area (Å²) in [5, 5.41) is 15.1. The maximum atomic E-state index is 12.9. The Morgan fingerprint density at radius 2 is 1.71 bits per heavy atom. The molecule has 0 saturated heterocycles. The van der Waals surface area contributed by atoms with Crippen molar-refractivity contribution in [1.82, 2.24) is 24.6 Å². The van der Waals surface area contributed by atoms with Crippen molar-refractivity contribution in [2.45, 2.75) is 5.16 Å². The molecule has 35 heavy (non-hydrogen) atoms. The second kappa shape index (κ2) is 9.21. The maximum absolute atomic E-state index is 12.9. The van der Waals surface area contributed by atoms with Gasteiger partial charge in [-0.1, -0.05) is 72.4 Å². The number of thiazole rings is 1. The van der Waals surface area contributed by atoms with Gasteiger partial charge in [0, 0.05) is 28.9 Å². The molecule has 172 valence electrons. The van der Waals surface area contributed by atoms with Crippen molar-refractivity contribution >= 4 is 61.3 Å². The van der Waals surface area contributed by atoms with Crippen LogP contribution in [0, 0.1) is 0 Å². The summed E-state index contributed by atoms with van der Waals surface area (Å²) in [6, 6.07) is 20.1. The summed E-state index contributed by atoms with van der Waals surface area (Å²) < 4.78 is 1.86. The highest BCUT2D eigenvalue weighted by Gasteiger charge is 2.19. The van der Waals surface area contributed by atoms with Crippen LogP contribution in [0.15, 0.2) is 82.9 Å². The minimum atomic E-state index is -0.0599. The predicted octanol–water partition coefficient (Wildman–Crippen LogP) is 5.88. The van der Waals surface area contributed by atoms with Crippen molar-refractivity contribution in [2.75, 3.05) is 17.7 Å². The van der Waals surface area contributed by atoms with Crippen molar-refractivity contribution in [3.8, 4) is 22.4 Å². The standard InChI is InChI=1S/C25H18N6OS3/c1-30(24-27-19(13-34-24)17-10-6-3-7-11-17)20(32)14-35-25-29-28-22-21-18(16-8-4-2-5-9-16)12-33-23(21)26-15-31(22)25/h2-13,15H,14H2,1H3. The second-order valence-corrected chi connectivity index (χ2v) is 10.4. The van der Waals surface area contributed by atoms with E-state index in [1.807, 2.05) is 58.3 Å². The first kappa shape index (κ1) is 21.9. The SMILES string of the molecule is CN(C(=O)CSc1nnc2c3c(-c4ccccc4)csc3ncn12)c1nc(-c2ccccc2)cs1. The number of aromatic nitrogens is 5. The number of thiophene rings is 1. The molecule has 0 bridgehead atoms. The third-order valence-electron chi connectivity index (χ3n) is 5.58. The summed E-state index contributed by atoms with van der Waals surface area (Å²) in [5.74, 6) is 0.153. The summed E-state index contributed by atoms with van der Waals surface area (Å²) in [6.07, 6.45) is 1.73. The lowest BCUT2D eigenvalue weighted by molar-refractivity contribution is -0.115. The van der Waals surface area contributed by atoms with E-state index in [9.17, 15) is 4.79 Å². The summed E-state index contributed by atoms with van der Waals surface area (Å²) in [7, 11) is 1.75. The zero-order valence-electron chi connectivity index (χ0n) is 18.5. The molecule has 0 fully saturated rings. The van der Waals surface area contributed by atoms with Crippen LogP contribution in [0.25, 0.3) is 38.2 Å². The van der Waals surface area contributed by atoms with E-state index in [1.54, 1.807) is 29.6 Å². The number of hydrogen-bond donors (Lipinski definition) is 0. The summed E-state index contributed by atoms with van der Waals surface area (Å²) in [5.41, 5.74) is 4.83. The number of rotatable bonds is 6. The lowest BCUT2D eigenvalue weighted by atomic mass is 10.1. The number of nitrogens with zero attached hydrogens (tertiary/aromatic N) is 6. The number of carbonyl (C=O) groups is 1. The normalized spacial score (nSPS) is 11.3. The van der Waals surface area contributed by atoms with Crippen LogP contribution in [0.5, 0.6) is 0 Å². The van der Waals surface area contributed by atoms with Crippen molar-refractivity contribution < 1.29 is 4.79 Å². The Bertz CT molecular complexity index is 1640. The lowest BCUT2D eigenvalue weighted by Crippen LogP contribution is -2.27. The van der Waals surface area contributed by atoms with E-state index in [2.05, 4.69) is 37.7 Å². The van der Waals surface area contributed by atoms with Crippen LogP contribution in [-0.4, -0.2) is 43.3 Å². The van der Waals surface area contributed by atoms with Gasteiger partial charge in [-0.15, -0.1) is 32.9 Å². The van der Waals surface area contributed by atoms with Crippen molar-refractivity contribution in [2.24, 2.45) is 0 Å². The van der Waals surface area contributed by atoms with E-state index >= 15 is 0 Å². The van der Waals surface area contributed by atoms with Crippen LogP contribution in [0.4, 0.5) is 5.13 Å². The fraction of sp³-hybridized carbons (Fsp3) is 0.0800. The molecule has 0 aliphatic rings. The van der Waals surface area contributed by atoms with Crippen molar-refractivity contribution in [3.05, 3.63) is 77.8 Å². The molecule has 4 aromatic heterocycles. The van der Waals surface area contributed by atoms with E-state index < -0.39 is 0 Å². The van der Waals surface area contributed by atoms with Gasteiger partial charge in [0.1, 0.15) is 11.2 Å². The van der Waals surface area contributed by atoms with Gasteiger partial charge in [-0.3, -0.25) is 14.1 Å². The largest absolute Gasteiger partial charge is 0.291 e. The van der Waals surface area contributed by atoms with Gasteiger partial charge in [-0.2, -0.15) is 0 Å². The lowest BCUT2D eigenvalue weighted by Gasteiger charge is -2.13. The highest BCUT2D eigenvalue weighted by molar-refractivity contribution is 7.99. The van der Waals surface area contributed by atoms with Gasteiger partial charge in [-0.05, 0) is 5.56 Å². The van der Waals surface area contributed by atoms with Crippen LogP contribution in [0.3, 0.4) is 0 Å². The molecule has 0 aliphatic heterocycles. The first-order valence-electron chi connectivity index (χ1n) is 10.8. The average molecular weight is 515 g/mol. The zero-order chi connectivity index (χ0) is 23.8. The first-order chi connectivity index (χ1) is 17.2. The molecule has 4 heterocycles. The molecule has 6 rings (SSSR count). The number of fused-ring (bicyclic) bond motifs is 3. The van der Waals surface area contributed by atoms with Crippen molar-refractivity contribution in [3.63, 3.8) is 0 Å². The Kier molecular flexibility index (Phi) is 5.77. The fourth-order valence-electron chi connectivity index (χ4n) is 3.74. The smallest absolute Gasteiger partial charge is 0.238 e. The zero-order valence-corrected chi connectivity index (χ0v) is 21.0. The van der Waals surface area contributed by atoms with E-state index in [4.69, 9.17) is 0 Å². The molecule has 7 nitrogen and oxygen atoms in total. The van der Waals surface area contributed by atoms with Crippen LogP contribution in [0.1, 0.15) is 0 Å². The van der Waals surface area contributed by atoms with Crippen LogP contribution in [0.2, 0.25) is 0 Å².